The Kier molecular flexibility index (Phi) is 5.00. The number of nitrogens with zero attached hydrogens (tertiary/aromatic N) is 2. The van der Waals surface area contributed by atoms with Crippen LogP contribution in [0, 0.1) is 13.8 Å². The Bertz CT molecular complexity index is 479. The summed E-state index contributed by atoms with van der Waals surface area (Å²) in [6, 6.07) is 0.484. The van der Waals surface area contributed by atoms with E-state index < -0.39 is 0 Å². The Labute approximate surface area is 125 Å². The molecule has 6 heteroatoms. The molecule has 1 amide bonds. The van der Waals surface area contributed by atoms with Crippen LogP contribution in [0.25, 0.3) is 0 Å². The second kappa shape index (κ2) is 6.58. The lowest BCUT2D eigenvalue weighted by molar-refractivity contribution is -0.121. The lowest BCUT2D eigenvalue weighted by atomic mass is 10.1. The van der Waals surface area contributed by atoms with Crippen LogP contribution >= 0.6 is 0 Å². The van der Waals surface area contributed by atoms with E-state index in [-0.39, 0.29) is 18.1 Å². The van der Waals surface area contributed by atoms with Crippen LogP contribution in [0.2, 0.25) is 0 Å². The topological polar surface area (TPSA) is 67.6 Å². The van der Waals surface area contributed by atoms with Crippen molar-refractivity contribution in [3.05, 3.63) is 17.0 Å². The molecule has 0 aromatic carbocycles. The number of rotatable bonds is 5. The Balaban J connectivity index is 1.96. The average Bonchev–Trinajstić information content (AvgIpc) is 2.97. The fourth-order valence-corrected chi connectivity index (χ4v) is 2.77. The van der Waals surface area contributed by atoms with Crippen LogP contribution in [0.3, 0.4) is 0 Å². The molecule has 0 aliphatic carbocycles. The summed E-state index contributed by atoms with van der Waals surface area (Å²) in [7, 11) is 1.70. The van der Waals surface area contributed by atoms with E-state index in [4.69, 9.17) is 9.26 Å². The number of methoxy groups -OCH3 is 1. The van der Waals surface area contributed by atoms with Gasteiger partial charge in [-0.15, -0.1) is 0 Å². The number of nitrogens with one attached hydrogen (secondary N) is 1. The van der Waals surface area contributed by atoms with Crippen molar-refractivity contribution < 1.29 is 14.1 Å². The van der Waals surface area contributed by atoms with Gasteiger partial charge in [0.05, 0.1) is 24.3 Å². The summed E-state index contributed by atoms with van der Waals surface area (Å²) >= 11 is 0. The molecule has 1 aromatic heterocycles. The zero-order chi connectivity index (χ0) is 15.6. The molecule has 2 atom stereocenters. The molecule has 0 saturated carbocycles. The Hall–Kier alpha value is -1.40. The van der Waals surface area contributed by atoms with Crippen LogP contribution in [-0.4, -0.2) is 54.4 Å². The van der Waals surface area contributed by atoms with Crippen molar-refractivity contribution in [1.29, 1.82) is 0 Å². The zero-order valence-corrected chi connectivity index (χ0v) is 13.5. The van der Waals surface area contributed by atoms with Crippen LogP contribution in [0.5, 0.6) is 0 Å². The van der Waals surface area contributed by atoms with Crippen molar-refractivity contribution in [2.75, 3.05) is 20.2 Å². The predicted molar refractivity (Wildman–Crippen MR) is 79.1 cm³/mol. The minimum Gasteiger partial charge on any atom is -0.378 e. The van der Waals surface area contributed by atoms with Gasteiger partial charge in [0.15, 0.2) is 0 Å². The summed E-state index contributed by atoms with van der Waals surface area (Å²) in [6.45, 7) is 9.67. The molecule has 2 rings (SSSR count). The van der Waals surface area contributed by atoms with Crippen LogP contribution in [-0.2, 0) is 16.0 Å². The number of carbonyl (C=O) groups excluding carboxylic acids is 1. The molecular weight excluding hydrogens is 270 g/mol. The van der Waals surface area contributed by atoms with E-state index >= 15 is 0 Å². The minimum atomic E-state index is -0.0120. The molecule has 1 N–H and O–H groups in total. The van der Waals surface area contributed by atoms with Crippen molar-refractivity contribution in [2.24, 2.45) is 0 Å². The van der Waals surface area contributed by atoms with E-state index in [1.54, 1.807) is 7.11 Å². The highest BCUT2D eigenvalue weighted by Crippen LogP contribution is 2.17. The van der Waals surface area contributed by atoms with Crippen LogP contribution in [0.1, 0.15) is 30.9 Å². The zero-order valence-electron chi connectivity index (χ0n) is 13.5. The molecule has 1 aromatic rings. The number of carbonyl (C=O) groups is 1. The Morgan fingerprint density at radius 2 is 2.19 bits per heavy atom. The molecule has 0 spiro atoms. The summed E-state index contributed by atoms with van der Waals surface area (Å²) < 4.78 is 10.6. The van der Waals surface area contributed by atoms with E-state index in [0.717, 1.165) is 24.3 Å². The van der Waals surface area contributed by atoms with Gasteiger partial charge in [-0.2, -0.15) is 0 Å². The molecule has 1 fully saturated rings. The third kappa shape index (κ3) is 3.63. The SMILES string of the molecule is CO[C@H]1CN(C(C)C)C[C@@H]1NC(=O)Cc1c(C)noc1C. The third-order valence-corrected chi connectivity index (χ3v) is 4.19. The average molecular weight is 295 g/mol. The molecule has 21 heavy (non-hydrogen) atoms. The number of likely N-dealkylation sites (tertiary alicyclic amines) is 1. The fourth-order valence-electron chi connectivity index (χ4n) is 2.77. The molecule has 2 heterocycles. The molecule has 1 saturated heterocycles. The van der Waals surface area contributed by atoms with Gasteiger partial charge >= 0.3 is 0 Å². The first kappa shape index (κ1) is 16.0. The predicted octanol–water partition coefficient (Wildman–Crippen LogP) is 1.06. The lowest BCUT2D eigenvalue weighted by Crippen LogP contribution is -2.44. The van der Waals surface area contributed by atoms with Gasteiger partial charge < -0.3 is 14.6 Å². The van der Waals surface area contributed by atoms with E-state index in [1.165, 1.54) is 0 Å². The highest BCUT2D eigenvalue weighted by atomic mass is 16.5. The molecule has 0 bridgehead atoms. The van der Waals surface area contributed by atoms with Gasteiger partial charge in [0.2, 0.25) is 5.91 Å². The quantitative estimate of drug-likeness (QED) is 0.879. The number of ether oxygens (including phenoxy) is 1. The summed E-state index contributed by atoms with van der Waals surface area (Å²) in [5.74, 6) is 0.697. The van der Waals surface area contributed by atoms with Crippen LogP contribution in [0.4, 0.5) is 0 Å². The standard InChI is InChI=1S/C15H25N3O3/c1-9(2)18-7-13(14(8-18)20-5)16-15(19)6-12-10(3)17-21-11(12)4/h9,13-14H,6-8H2,1-5H3,(H,16,19)/t13-,14-/m0/s1. The molecule has 118 valence electrons. The van der Waals surface area contributed by atoms with E-state index in [1.807, 2.05) is 13.8 Å². The summed E-state index contributed by atoms with van der Waals surface area (Å²) in [4.78, 5) is 14.6. The number of aryl methyl sites for hydroxylation is 2. The van der Waals surface area contributed by atoms with E-state index in [2.05, 4.69) is 29.2 Å². The van der Waals surface area contributed by atoms with Gasteiger partial charge in [-0.1, -0.05) is 5.16 Å². The Morgan fingerprint density at radius 3 is 2.71 bits per heavy atom. The highest BCUT2D eigenvalue weighted by molar-refractivity contribution is 5.79. The largest absolute Gasteiger partial charge is 0.378 e. The molecule has 0 unspecified atom stereocenters. The summed E-state index contributed by atoms with van der Waals surface area (Å²) in [5.41, 5.74) is 1.65. The normalized spacial score (nSPS) is 23.0. The molecule has 1 aliphatic rings. The second-order valence-electron chi connectivity index (χ2n) is 5.98. The smallest absolute Gasteiger partial charge is 0.224 e. The number of hydrogen-bond acceptors (Lipinski definition) is 5. The van der Waals surface area contributed by atoms with E-state index in [9.17, 15) is 4.79 Å². The van der Waals surface area contributed by atoms with Crippen molar-refractivity contribution in [3.63, 3.8) is 0 Å². The van der Waals surface area contributed by atoms with E-state index in [0.29, 0.717) is 18.2 Å². The van der Waals surface area contributed by atoms with Crippen molar-refractivity contribution in [3.8, 4) is 0 Å². The fraction of sp³-hybridized carbons (Fsp3) is 0.733. The minimum absolute atomic E-state index is 0.0120. The molecule has 0 radical (unpaired) electrons. The third-order valence-electron chi connectivity index (χ3n) is 4.19. The maximum atomic E-state index is 12.3. The monoisotopic (exact) mass is 295 g/mol. The lowest BCUT2D eigenvalue weighted by Gasteiger charge is -2.20. The van der Waals surface area contributed by atoms with Crippen LogP contribution in [0.15, 0.2) is 4.52 Å². The highest BCUT2D eigenvalue weighted by Gasteiger charge is 2.35. The van der Waals surface area contributed by atoms with Gasteiger partial charge in [-0.25, -0.2) is 0 Å². The van der Waals surface area contributed by atoms with Gasteiger partial charge in [-0.3, -0.25) is 9.69 Å². The first-order valence-corrected chi connectivity index (χ1v) is 7.40. The summed E-state index contributed by atoms with van der Waals surface area (Å²) in [5, 5.41) is 6.96. The van der Waals surface area contributed by atoms with Crippen LogP contribution < -0.4 is 5.32 Å². The van der Waals surface area contributed by atoms with Crippen molar-refractivity contribution in [1.82, 2.24) is 15.4 Å². The number of aromatic nitrogens is 1. The molecule has 6 nitrogen and oxygen atoms in total. The van der Waals surface area contributed by atoms with Gasteiger partial charge in [0.1, 0.15) is 5.76 Å². The van der Waals surface area contributed by atoms with Gasteiger partial charge in [-0.05, 0) is 27.7 Å². The molecule has 1 aliphatic heterocycles. The van der Waals surface area contributed by atoms with Crippen molar-refractivity contribution >= 4 is 5.91 Å². The second-order valence-corrected chi connectivity index (χ2v) is 5.98. The van der Waals surface area contributed by atoms with Crippen molar-refractivity contribution in [2.45, 2.75) is 52.3 Å². The first-order valence-electron chi connectivity index (χ1n) is 7.40. The van der Waals surface area contributed by atoms with Gasteiger partial charge in [0.25, 0.3) is 0 Å². The van der Waals surface area contributed by atoms with Gasteiger partial charge in [0, 0.05) is 31.8 Å². The molecular formula is C15H25N3O3. The maximum Gasteiger partial charge on any atom is 0.224 e. The number of amides is 1. The first-order chi connectivity index (χ1) is 9.92. The number of hydrogen-bond donors (Lipinski definition) is 1. The maximum absolute atomic E-state index is 12.3. The summed E-state index contributed by atoms with van der Waals surface area (Å²) in [6.07, 6.45) is 0.344. The Morgan fingerprint density at radius 1 is 1.48 bits per heavy atom.